The van der Waals surface area contributed by atoms with Crippen molar-refractivity contribution in [1.29, 1.82) is 0 Å². The van der Waals surface area contributed by atoms with Crippen LogP contribution in [0.15, 0.2) is 54.6 Å². The first-order valence-electron chi connectivity index (χ1n) is 10.1. The lowest BCUT2D eigenvalue weighted by molar-refractivity contribution is 0.0742. The SMILES string of the molecule is CCOc1ccc(-c2ccc(N3CCN(C(=O)c4c(F)cccc4Cl)CC3)nn2)cc1. The summed E-state index contributed by atoms with van der Waals surface area (Å²) in [5.41, 5.74) is 1.66. The molecule has 1 aromatic heterocycles. The molecular formula is C23H22ClFN4O2. The van der Waals surface area contributed by atoms with Crippen LogP contribution >= 0.6 is 11.6 Å². The topological polar surface area (TPSA) is 58.6 Å². The summed E-state index contributed by atoms with van der Waals surface area (Å²) >= 11 is 6.03. The third-order valence-corrected chi connectivity index (χ3v) is 5.49. The molecule has 6 nitrogen and oxygen atoms in total. The van der Waals surface area contributed by atoms with Crippen LogP contribution in [-0.4, -0.2) is 53.8 Å². The minimum Gasteiger partial charge on any atom is -0.494 e. The maximum Gasteiger partial charge on any atom is 0.258 e. The molecule has 8 heteroatoms. The molecule has 1 aliphatic heterocycles. The normalized spacial score (nSPS) is 13.9. The lowest BCUT2D eigenvalue weighted by Crippen LogP contribution is -2.49. The van der Waals surface area contributed by atoms with Gasteiger partial charge in [-0.2, -0.15) is 0 Å². The Hall–Kier alpha value is -3.19. The van der Waals surface area contributed by atoms with Gasteiger partial charge in [-0.3, -0.25) is 4.79 Å². The molecule has 4 rings (SSSR count). The van der Waals surface area contributed by atoms with E-state index in [-0.39, 0.29) is 16.5 Å². The Morgan fingerprint density at radius 3 is 2.39 bits per heavy atom. The monoisotopic (exact) mass is 440 g/mol. The highest BCUT2D eigenvalue weighted by molar-refractivity contribution is 6.33. The van der Waals surface area contributed by atoms with E-state index in [1.807, 2.05) is 43.3 Å². The van der Waals surface area contributed by atoms with E-state index in [4.69, 9.17) is 16.3 Å². The predicted octanol–water partition coefficient (Wildman–Crippen LogP) is 4.30. The largest absolute Gasteiger partial charge is 0.494 e. The van der Waals surface area contributed by atoms with Gasteiger partial charge in [0.25, 0.3) is 5.91 Å². The van der Waals surface area contributed by atoms with Gasteiger partial charge in [0.05, 0.1) is 22.9 Å². The van der Waals surface area contributed by atoms with E-state index in [0.717, 1.165) is 22.8 Å². The van der Waals surface area contributed by atoms with Crippen LogP contribution in [-0.2, 0) is 0 Å². The van der Waals surface area contributed by atoms with E-state index in [9.17, 15) is 9.18 Å². The van der Waals surface area contributed by atoms with E-state index in [2.05, 4.69) is 15.1 Å². The van der Waals surface area contributed by atoms with Crippen LogP contribution in [0.4, 0.5) is 10.2 Å². The highest BCUT2D eigenvalue weighted by Crippen LogP contribution is 2.24. The highest BCUT2D eigenvalue weighted by Gasteiger charge is 2.26. The van der Waals surface area contributed by atoms with Crippen molar-refractivity contribution in [2.75, 3.05) is 37.7 Å². The number of anilines is 1. The molecule has 160 valence electrons. The van der Waals surface area contributed by atoms with Crippen LogP contribution in [0.5, 0.6) is 5.75 Å². The molecule has 1 aliphatic rings. The Labute approximate surface area is 185 Å². The molecule has 0 radical (unpaired) electrons. The maximum atomic E-state index is 14.1. The number of halogens is 2. The second-order valence-corrected chi connectivity index (χ2v) is 7.52. The van der Waals surface area contributed by atoms with Gasteiger partial charge in [0, 0.05) is 31.7 Å². The van der Waals surface area contributed by atoms with E-state index >= 15 is 0 Å². The summed E-state index contributed by atoms with van der Waals surface area (Å²) in [4.78, 5) is 16.4. The molecule has 2 aromatic carbocycles. The van der Waals surface area contributed by atoms with Crippen LogP contribution in [0.25, 0.3) is 11.3 Å². The van der Waals surface area contributed by atoms with Crippen LogP contribution in [0, 0.1) is 5.82 Å². The van der Waals surface area contributed by atoms with Gasteiger partial charge in [0.2, 0.25) is 0 Å². The molecule has 0 spiro atoms. The average Bonchev–Trinajstić information content (AvgIpc) is 2.80. The van der Waals surface area contributed by atoms with Crippen molar-refractivity contribution in [2.24, 2.45) is 0 Å². The van der Waals surface area contributed by atoms with Crippen LogP contribution < -0.4 is 9.64 Å². The van der Waals surface area contributed by atoms with Gasteiger partial charge in [0.15, 0.2) is 5.82 Å². The second kappa shape index (κ2) is 9.31. The lowest BCUT2D eigenvalue weighted by Gasteiger charge is -2.35. The number of amides is 1. The summed E-state index contributed by atoms with van der Waals surface area (Å²) in [5, 5.41) is 8.83. The quantitative estimate of drug-likeness (QED) is 0.592. The average molecular weight is 441 g/mol. The predicted molar refractivity (Wildman–Crippen MR) is 118 cm³/mol. The van der Waals surface area contributed by atoms with E-state index in [1.54, 1.807) is 4.90 Å². The zero-order valence-electron chi connectivity index (χ0n) is 17.1. The number of carbonyl (C=O) groups excluding carboxylic acids is 1. The van der Waals surface area contributed by atoms with Crippen LogP contribution in [0.1, 0.15) is 17.3 Å². The van der Waals surface area contributed by atoms with Crippen molar-refractivity contribution in [3.05, 3.63) is 71.0 Å². The summed E-state index contributed by atoms with van der Waals surface area (Å²) in [5.74, 6) is 0.570. The van der Waals surface area contributed by atoms with Crippen LogP contribution in [0.3, 0.4) is 0 Å². The first-order chi connectivity index (χ1) is 15.1. The lowest BCUT2D eigenvalue weighted by atomic mass is 10.1. The molecule has 3 aromatic rings. The smallest absolute Gasteiger partial charge is 0.258 e. The zero-order chi connectivity index (χ0) is 21.8. The summed E-state index contributed by atoms with van der Waals surface area (Å²) in [6, 6.07) is 15.8. The fourth-order valence-electron chi connectivity index (χ4n) is 3.54. The van der Waals surface area contributed by atoms with E-state index in [1.165, 1.54) is 18.2 Å². The van der Waals surface area contributed by atoms with E-state index in [0.29, 0.717) is 32.8 Å². The molecule has 1 saturated heterocycles. The maximum absolute atomic E-state index is 14.1. The molecular weight excluding hydrogens is 419 g/mol. The Morgan fingerprint density at radius 2 is 1.77 bits per heavy atom. The van der Waals surface area contributed by atoms with E-state index < -0.39 is 5.82 Å². The number of nitrogens with zero attached hydrogens (tertiary/aromatic N) is 4. The molecule has 0 bridgehead atoms. The van der Waals surface area contributed by atoms with Crippen molar-refractivity contribution in [2.45, 2.75) is 6.92 Å². The number of piperazine rings is 1. The number of rotatable bonds is 5. The Morgan fingerprint density at radius 1 is 1.03 bits per heavy atom. The van der Waals surface area contributed by atoms with Gasteiger partial charge in [-0.15, -0.1) is 10.2 Å². The van der Waals surface area contributed by atoms with Crippen molar-refractivity contribution in [1.82, 2.24) is 15.1 Å². The highest BCUT2D eigenvalue weighted by atomic mass is 35.5. The van der Waals surface area contributed by atoms with Crippen molar-refractivity contribution >= 4 is 23.3 Å². The molecule has 1 fully saturated rings. The van der Waals surface area contributed by atoms with Crippen LogP contribution in [0.2, 0.25) is 5.02 Å². The number of aromatic nitrogens is 2. The molecule has 0 atom stereocenters. The zero-order valence-corrected chi connectivity index (χ0v) is 17.8. The number of carbonyl (C=O) groups is 1. The van der Waals surface area contributed by atoms with Gasteiger partial charge < -0.3 is 14.5 Å². The summed E-state index contributed by atoms with van der Waals surface area (Å²) in [6.45, 7) is 4.63. The third kappa shape index (κ3) is 4.61. The minimum atomic E-state index is -0.601. The molecule has 0 aliphatic carbocycles. The molecule has 0 unspecified atom stereocenters. The number of hydrogen-bond acceptors (Lipinski definition) is 5. The third-order valence-electron chi connectivity index (χ3n) is 5.18. The fraction of sp³-hybridized carbons (Fsp3) is 0.261. The standard InChI is InChI=1S/C23H22ClFN4O2/c1-2-31-17-8-6-16(7-9-17)20-10-11-21(27-26-20)28-12-14-29(15-13-28)23(30)22-18(24)4-3-5-19(22)25/h3-11H,2,12-15H2,1H3. The Balaban J connectivity index is 1.39. The second-order valence-electron chi connectivity index (χ2n) is 7.11. The molecule has 31 heavy (non-hydrogen) atoms. The van der Waals surface area contributed by atoms with Gasteiger partial charge in [-0.05, 0) is 55.5 Å². The van der Waals surface area contributed by atoms with Gasteiger partial charge in [-0.1, -0.05) is 17.7 Å². The summed E-state index contributed by atoms with van der Waals surface area (Å²) in [7, 11) is 0. The van der Waals surface area contributed by atoms with Gasteiger partial charge >= 0.3 is 0 Å². The van der Waals surface area contributed by atoms with Crippen molar-refractivity contribution in [3.8, 4) is 17.0 Å². The fourth-order valence-corrected chi connectivity index (χ4v) is 3.78. The number of hydrogen-bond donors (Lipinski definition) is 0. The van der Waals surface area contributed by atoms with Crippen molar-refractivity contribution in [3.63, 3.8) is 0 Å². The number of ether oxygens (including phenoxy) is 1. The summed E-state index contributed by atoms with van der Waals surface area (Å²) < 4.78 is 19.5. The molecule has 0 saturated carbocycles. The summed E-state index contributed by atoms with van der Waals surface area (Å²) in [6.07, 6.45) is 0. The van der Waals surface area contributed by atoms with Gasteiger partial charge in [-0.25, -0.2) is 4.39 Å². The minimum absolute atomic E-state index is 0.0721. The molecule has 1 amide bonds. The molecule has 2 heterocycles. The Kier molecular flexibility index (Phi) is 6.32. The number of benzene rings is 2. The van der Waals surface area contributed by atoms with Crippen molar-refractivity contribution < 1.29 is 13.9 Å². The first-order valence-corrected chi connectivity index (χ1v) is 10.5. The first kappa shape index (κ1) is 21.1. The van der Waals surface area contributed by atoms with Gasteiger partial charge in [0.1, 0.15) is 11.6 Å². The molecule has 0 N–H and O–H groups in total. The Bertz CT molecular complexity index is 1030.